The van der Waals surface area contributed by atoms with Gasteiger partial charge in [0.15, 0.2) is 0 Å². The fraction of sp³-hybridized carbons (Fsp3) is 0.647. The molecule has 0 aromatic heterocycles. The molecule has 1 aliphatic heterocycles. The number of rotatable bonds is 3. The minimum absolute atomic E-state index is 0.103. The second kappa shape index (κ2) is 6.50. The average molecular weight is 312 g/mol. The molecular weight excluding hydrogens is 286 g/mol. The Morgan fingerprint density at radius 2 is 2.00 bits per heavy atom. The van der Waals surface area contributed by atoms with Crippen molar-refractivity contribution in [2.24, 2.45) is 17.1 Å². The molecule has 124 valence electrons. The quantitative estimate of drug-likeness (QED) is 0.902. The standard InChI is InChI=1S/C17H26F2N2O/c1-17(2,3)16(22)7-11-6-13(20)10-21(9-11)15-8-12(18)4-5-14(15)19/h4-5,8,11,13,16,22H,6-7,9-10,20H2,1-3H3. The number of nitrogens with two attached hydrogens (primary N) is 1. The van der Waals surface area contributed by atoms with Gasteiger partial charge in [0.1, 0.15) is 11.6 Å². The Kier molecular flexibility index (Phi) is 5.07. The highest BCUT2D eigenvalue weighted by atomic mass is 19.1. The first kappa shape index (κ1) is 17.2. The SMILES string of the molecule is CC(C)(C)C(O)CC1CC(N)CN(c2cc(F)ccc2F)C1. The molecule has 0 spiro atoms. The lowest BCUT2D eigenvalue weighted by atomic mass is 9.80. The lowest BCUT2D eigenvalue weighted by Crippen LogP contribution is -2.48. The van der Waals surface area contributed by atoms with Gasteiger partial charge in [-0.3, -0.25) is 0 Å². The maximum atomic E-state index is 14.0. The molecule has 3 nitrogen and oxygen atoms in total. The van der Waals surface area contributed by atoms with Gasteiger partial charge in [0.2, 0.25) is 0 Å². The first-order valence-corrected chi connectivity index (χ1v) is 7.80. The third kappa shape index (κ3) is 4.17. The van der Waals surface area contributed by atoms with Gasteiger partial charge >= 0.3 is 0 Å². The van der Waals surface area contributed by atoms with Crippen molar-refractivity contribution < 1.29 is 13.9 Å². The Balaban J connectivity index is 2.12. The van der Waals surface area contributed by atoms with Crippen LogP contribution in [0.2, 0.25) is 0 Å². The molecule has 1 aliphatic rings. The van der Waals surface area contributed by atoms with E-state index in [1.165, 1.54) is 6.07 Å². The second-order valence-electron chi connectivity index (χ2n) is 7.48. The van der Waals surface area contributed by atoms with Gasteiger partial charge in [0, 0.05) is 25.2 Å². The predicted molar refractivity (Wildman–Crippen MR) is 84.7 cm³/mol. The maximum absolute atomic E-state index is 14.0. The topological polar surface area (TPSA) is 49.5 Å². The summed E-state index contributed by atoms with van der Waals surface area (Å²) in [4.78, 5) is 1.80. The van der Waals surface area contributed by atoms with E-state index in [1.54, 1.807) is 4.90 Å². The number of halogens is 2. The first-order valence-electron chi connectivity index (χ1n) is 7.80. The largest absolute Gasteiger partial charge is 0.393 e. The highest BCUT2D eigenvalue weighted by Crippen LogP contribution is 2.31. The van der Waals surface area contributed by atoms with Crippen molar-refractivity contribution in [3.8, 4) is 0 Å². The highest BCUT2D eigenvalue weighted by Gasteiger charge is 2.31. The van der Waals surface area contributed by atoms with Crippen LogP contribution >= 0.6 is 0 Å². The Morgan fingerprint density at radius 1 is 1.32 bits per heavy atom. The fourth-order valence-electron chi connectivity index (χ4n) is 3.01. The van der Waals surface area contributed by atoms with Crippen molar-refractivity contribution in [1.29, 1.82) is 0 Å². The van der Waals surface area contributed by atoms with E-state index in [0.717, 1.165) is 18.6 Å². The maximum Gasteiger partial charge on any atom is 0.146 e. The van der Waals surface area contributed by atoms with E-state index in [4.69, 9.17) is 5.73 Å². The second-order valence-corrected chi connectivity index (χ2v) is 7.48. The Morgan fingerprint density at radius 3 is 2.64 bits per heavy atom. The zero-order chi connectivity index (χ0) is 16.5. The third-order valence-electron chi connectivity index (χ3n) is 4.37. The molecule has 1 saturated heterocycles. The summed E-state index contributed by atoms with van der Waals surface area (Å²) >= 11 is 0. The van der Waals surface area contributed by atoms with Crippen molar-refractivity contribution in [3.63, 3.8) is 0 Å². The Labute approximate surface area is 131 Å². The van der Waals surface area contributed by atoms with Crippen LogP contribution in [0.15, 0.2) is 18.2 Å². The van der Waals surface area contributed by atoms with Crippen LogP contribution in [0.4, 0.5) is 14.5 Å². The van der Waals surface area contributed by atoms with E-state index >= 15 is 0 Å². The number of benzene rings is 1. The van der Waals surface area contributed by atoms with Crippen LogP contribution in [0.5, 0.6) is 0 Å². The molecule has 5 heteroatoms. The van der Waals surface area contributed by atoms with Gasteiger partial charge in [-0.25, -0.2) is 8.78 Å². The summed E-state index contributed by atoms with van der Waals surface area (Å²) in [6.07, 6.45) is 0.965. The smallest absolute Gasteiger partial charge is 0.146 e. The average Bonchev–Trinajstić information content (AvgIpc) is 2.39. The summed E-state index contributed by atoms with van der Waals surface area (Å²) in [7, 11) is 0. The van der Waals surface area contributed by atoms with Gasteiger partial charge in [-0.2, -0.15) is 0 Å². The van der Waals surface area contributed by atoms with Crippen LogP contribution in [0, 0.1) is 23.0 Å². The minimum atomic E-state index is -0.457. The number of hydrogen-bond donors (Lipinski definition) is 2. The Bertz CT molecular complexity index is 516. The van der Waals surface area contributed by atoms with E-state index < -0.39 is 17.7 Å². The number of nitrogens with zero attached hydrogens (tertiary/aromatic N) is 1. The first-order chi connectivity index (χ1) is 10.2. The highest BCUT2D eigenvalue weighted by molar-refractivity contribution is 5.48. The third-order valence-corrected chi connectivity index (χ3v) is 4.37. The van der Waals surface area contributed by atoms with E-state index in [-0.39, 0.29) is 23.1 Å². The summed E-state index contributed by atoms with van der Waals surface area (Å²) < 4.78 is 27.4. The van der Waals surface area contributed by atoms with Gasteiger partial charge < -0.3 is 15.7 Å². The molecule has 1 aromatic rings. The van der Waals surface area contributed by atoms with E-state index in [2.05, 4.69) is 0 Å². The molecular formula is C17H26F2N2O. The number of aliphatic hydroxyl groups is 1. The molecule has 22 heavy (non-hydrogen) atoms. The van der Waals surface area contributed by atoms with Crippen LogP contribution < -0.4 is 10.6 Å². The van der Waals surface area contributed by atoms with Crippen LogP contribution in [0.1, 0.15) is 33.6 Å². The van der Waals surface area contributed by atoms with Gasteiger partial charge in [0.25, 0.3) is 0 Å². The molecule has 0 radical (unpaired) electrons. The monoisotopic (exact) mass is 312 g/mol. The zero-order valence-electron chi connectivity index (χ0n) is 13.5. The van der Waals surface area contributed by atoms with Crippen LogP contribution in [-0.4, -0.2) is 30.3 Å². The van der Waals surface area contributed by atoms with Gasteiger partial charge in [-0.15, -0.1) is 0 Å². The molecule has 1 fully saturated rings. The molecule has 2 rings (SSSR count). The lowest BCUT2D eigenvalue weighted by molar-refractivity contribution is 0.0381. The van der Waals surface area contributed by atoms with E-state index in [9.17, 15) is 13.9 Å². The number of aliphatic hydroxyl groups excluding tert-OH is 1. The lowest BCUT2D eigenvalue weighted by Gasteiger charge is -2.40. The van der Waals surface area contributed by atoms with Crippen molar-refractivity contribution in [3.05, 3.63) is 29.8 Å². The minimum Gasteiger partial charge on any atom is -0.393 e. The summed E-state index contributed by atoms with van der Waals surface area (Å²) in [6, 6.07) is 3.37. The van der Waals surface area contributed by atoms with E-state index in [1.807, 2.05) is 20.8 Å². The summed E-state index contributed by atoms with van der Waals surface area (Å²) in [6.45, 7) is 7.06. The van der Waals surface area contributed by atoms with Gasteiger partial charge in [-0.05, 0) is 36.3 Å². The molecule has 0 bridgehead atoms. The molecule has 3 atom stereocenters. The van der Waals surface area contributed by atoms with Crippen LogP contribution in [-0.2, 0) is 0 Å². The van der Waals surface area contributed by atoms with Crippen molar-refractivity contribution in [1.82, 2.24) is 0 Å². The molecule has 0 saturated carbocycles. The van der Waals surface area contributed by atoms with E-state index in [0.29, 0.717) is 19.5 Å². The predicted octanol–water partition coefficient (Wildman–Crippen LogP) is 2.92. The van der Waals surface area contributed by atoms with Crippen LogP contribution in [0.25, 0.3) is 0 Å². The van der Waals surface area contributed by atoms with Crippen molar-refractivity contribution >= 4 is 5.69 Å². The summed E-state index contributed by atoms with van der Waals surface area (Å²) in [5, 5.41) is 10.3. The Hall–Kier alpha value is -1.20. The molecule has 1 heterocycles. The summed E-state index contributed by atoms with van der Waals surface area (Å²) in [5.74, 6) is -0.729. The molecule has 0 amide bonds. The molecule has 0 aliphatic carbocycles. The van der Waals surface area contributed by atoms with Gasteiger partial charge in [-0.1, -0.05) is 20.8 Å². The normalized spacial score (nSPS) is 24.4. The zero-order valence-corrected chi connectivity index (χ0v) is 13.5. The van der Waals surface area contributed by atoms with Crippen LogP contribution in [0.3, 0.4) is 0 Å². The molecule has 3 N–H and O–H groups in total. The van der Waals surface area contributed by atoms with Gasteiger partial charge in [0.05, 0.1) is 11.8 Å². The number of hydrogen-bond acceptors (Lipinski definition) is 3. The number of piperidine rings is 1. The molecule has 1 aromatic carbocycles. The van der Waals surface area contributed by atoms with Crippen molar-refractivity contribution in [2.45, 2.75) is 45.8 Å². The summed E-state index contributed by atoms with van der Waals surface area (Å²) in [5.41, 5.74) is 6.14. The molecule has 3 unspecified atom stereocenters. The van der Waals surface area contributed by atoms with Crippen molar-refractivity contribution in [2.75, 3.05) is 18.0 Å². The number of anilines is 1. The fourth-order valence-corrected chi connectivity index (χ4v) is 3.01.